The Labute approximate surface area is 172 Å². The average Bonchev–Trinajstić information content (AvgIpc) is 3.26. The zero-order valence-corrected chi connectivity index (χ0v) is 16.1. The molecule has 2 aliphatic heterocycles. The minimum absolute atomic E-state index is 0. The number of benzene rings is 2. The third-order valence-corrected chi connectivity index (χ3v) is 6.69. The van der Waals surface area contributed by atoms with Crippen LogP contribution in [0.15, 0.2) is 65.2 Å². The lowest BCUT2D eigenvalue weighted by atomic mass is 9.76. The van der Waals surface area contributed by atoms with Crippen molar-refractivity contribution in [1.82, 2.24) is 9.88 Å². The van der Waals surface area contributed by atoms with Crippen LogP contribution in [0.1, 0.15) is 50.0 Å². The number of oxazole rings is 1. The van der Waals surface area contributed by atoms with E-state index in [9.17, 15) is 0 Å². The molecule has 28 heavy (non-hydrogen) atoms. The number of halogens is 1. The van der Waals surface area contributed by atoms with Gasteiger partial charge in [-0.2, -0.15) is 0 Å². The molecule has 2 bridgehead atoms. The first kappa shape index (κ1) is 19.2. The van der Waals surface area contributed by atoms with Crippen LogP contribution in [-0.4, -0.2) is 29.0 Å². The summed E-state index contributed by atoms with van der Waals surface area (Å²) in [6, 6.07) is 19.7. The van der Waals surface area contributed by atoms with Gasteiger partial charge in [-0.25, -0.2) is 4.98 Å². The molecule has 4 unspecified atom stereocenters. The second-order valence-corrected chi connectivity index (χ2v) is 8.25. The third-order valence-electron chi connectivity index (χ3n) is 6.43. The van der Waals surface area contributed by atoms with E-state index in [-0.39, 0.29) is 13.3 Å². The van der Waals surface area contributed by atoms with E-state index in [1.54, 1.807) is 0 Å². The molecule has 0 spiro atoms. The van der Waals surface area contributed by atoms with Crippen molar-refractivity contribution in [2.24, 2.45) is 0 Å². The third kappa shape index (κ3) is 3.27. The Morgan fingerprint density at radius 3 is 2.54 bits per heavy atom. The van der Waals surface area contributed by atoms with Crippen molar-refractivity contribution in [2.45, 2.75) is 50.6 Å². The first-order valence-electron chi connectivity index (χ1n) is 9.69. The Balaban J connectivity index is 0.00000192. The van der Waals surface area contributed by atoms with Crippen LogP contribution >= 0.6 is 11.6 Å². The molecular weight excluding hydrogens is 368 g/mol. The highest BCUT2D eigenvalue weighted by molar-refractivity contribution is 6.30. The zero-order chi connectivity index (χ0) is 18.4. The molecule has 4 atom stereocenters. The van der Waals surface area contributed by atoms with Crippen LogP contribution in [0.5, 0.6) is 0 Å². The summed E-state index contributed by atoms with van der Waals surface area (Å²) in [5.74, 6) is 2.40. The van der Waals surface area contributed by atoms with Crippen LogP contribution in [0.25, 0.3) is 11.3 Å². The fourth-order valence-electron chi connectivity index (χ4n) is 5.03. The van der Waals surface area contributed by atoms with Gasteiger partial charge in [0.1, 0.15) is 0 Å². The van der Waals surface area contributed by atoms with E-state index in [1.165, 1.54) is 18.4 Å². The molecule has 0 aliphatic carbocycles. The molecule has 3 aromatic rings. The summed E-state index contributed by atoms with van der Waals surface area (Å²) < 4.78 is 6.32. The van der Waals surface area contributed by atoms with Crippen LogP contribution in [0.4, 0.5) is 0 Å². The van der Waals surface area contributed by atoms with Crippen molar-refractivity contribution in [2.75, 3.05) is 7.05 Å². The lowest BCUT2D eigenvalue weighted by Gasteiger charge is -2.41. The van der Waals surface area contributed by atoms with Gasteiger partial charge in [0.15, 0.2) is 11.7 Å². The maximum absolute atomic E-state index is 6.32. The second kappa shape index (κ2) is 7.73. The molecule has 5 rings (SSSR count). The lowest BCUT2D eigenvalue weighted by molar-refractivity contribution is 0.124. The standard InChI is InChI=1S/C23H23ClN2O.CH4/c1-26-18-11-12-20(26)22(19(13-18)15-7-9-17(24)10-8-15)23-25-14-21(27-23)16-5-3-2-4-6-16;/h2-10,14,18-20,22H,11-13H2,1H3;1H4. The molecule has 146 valence electrons. The van der Waals surface area contributed by atoms with Gasteiger partial charge in [-0.05, 0) is 49.9 Å². The van der Waals surface area contributed by atoms with Crippen LogP contribution in [-0.2, 0) is 0 Å². The highest BCUT2D eigenvalue weighted by Crippen LogP contribution is 2.51. The molecule has 2 fully saturated rings. The van der Waals surface area contributed by atoms with Gasteiger partial charge in [0.25, 0.3) is 0 Å². The van der Waals surface area contributed by atoms with Gasteiger partial charge in [0, 0.05) is 22.7 Å². The highest BCUT2D eigenvalue weighted by atomic mass is 35.5. The van der Waals surface area contributed by atoms with E-state index in [4.69, 9.17) is 21.0 Å². The van der Waals surface area contributed by atoms with Crippen molar-refractivity contribution >= 4 is 11.6 Å². The molecule has 3 heterocycles. The molecule has 2 saturated heterocycles. The van der Waals surface area contributed by atoms with Gasteiger partial charge in [-0.15, -0.1) is 0 Å². The quantitative estimate of drug-likeness (QED) is 0.517. The van der Waals surface area contributed by atoms with E-state index in [0.717, 1.165) is 28.7 Å². The summed E-state index contributed by atoms with van der Waals surface area (Å²) in [5, 5.41) is 0.786. The van der Waals surface area contributed by atoms with Gasteiger partial charge < -0.3 is 4.42 Å². The van der Waals surface area contributed by atoms with Crippen LogP contribution < -0.4 is 0 Å². The van der Waals surface area contributed by atoms with E-state index >= 15 is 0 Å². The molecule has 0 saturated carbocycles. The summed E-state index contributed by atoms with van der Waals surface area (Å²) in [6.07, 6.45) is 5.49. The van der Waals surface area contributed by atoms with Gasteiger partial charge >= 0.3 is 0 Å². The number of piperidine rings is 1. The first-order valence-corrected chi connectivity index (χ1v) is 10.1. The molecule has 2 aliphatic rings. The maximum atomic E-state index is 6.32. The van der Waals surface area contributed by atoms with Crippen LogP contribution in [0.2, 0.25) is 5.02 Å². The van der Waals surface area contributed by atoms with Crippen LogP contribution in [0.3, 0.4) is 0 Å². The monoisotopic (exact) mass is 394 g/mol. The molecule has 4 heteroatoms. The SMILES string of the molecule is C.CN1C2CCC1C(c1ncc(-c3ccccc3)o1)C(c1ccc(Cl)cc1)C2. The van der Waals surface area contributed by atoms with Gasteiger partial charge in [0.05, 0.1) is 12.1 Å². The van der Waals surface area contributed by atoms with E-state index in [1.807, 2.05) is 36.5 Å². The molecule has 0 amide bonds. The summed E-state index contributed by atoms with van der Waals surface area (Å²) in [4.78, 5) is 7.29. The van der Waals surface area contributed by atoms with E-state index in [2.05, 4.69) is 36.2 Å². The average molecular weight is 395 g/mol. The number of hydrogen-bond donors (Lipinski definition) is 0. The predicted molar refractivity (Wildman–Crippen MR) is 115 cm³/mol. The number of aromatic nitrogens is 1. The van der Waals surface area contributed by atoms with Crippen molar-refractivity contribution in [3.8, 4) is 11.3 Å². The summed E-state index contributed by atoms with van der Waals surface area (Å²) >= 11 is 6.13. The van der Waals surface area contributed by atoms with Gasteiger partial charge in [-0.1, -0.05) is 61.5 Å². The van der Waals surface area contributed by atoms with E-state index < -0.39 is 0 Å². The zero-order valence-electron chi connectivity index (χ0n) is 15.4. The Morgan fingerprint density at radius 1 is 1.04 bits per heavy atom. The summed E-state index contributed by atoms with van der Waals surface area (Å²) in [5.41, 5.74) is 2.42. The first-order chi connectivity index (χ1) is 13.2. The molecule has 0 radical (unpaired) electrons. The van der Waals surface area contributed by atoms with E-state index in [0.29, 0.717) is 18.0 Å². The van der Waals surface area contributed by atoms with Crippen molar-refractivity contribution < 1.29 is 4.42 Å². The Morgan fingerprint density at radius 2 is 1.79 bits per heavy atom. The molecule has 0 N–H and O–H groups in total. The minimum Gasteiger partial charge on any atom is -0.440 e. The maximum Gasteiger partial charge on any atom is 0.200 e. The number of rotatable bonds is 3. The lowest BCUT2D eigenvalue weighted by Crippen LogP contribution is -2.44. The molecular formula is C24H27ClN2O. The topological polar surface area (TPSA) is 29.3 Å². The highest BCUT2D eigenvalue weighted by Gasteiger charge is 2.48. The predicted octanol–water partition coefficient (Wildman–Crippen LogP) is 6.37. The van der Waals surface area contributed by atoms with Crippen LogP contribution in [0, 0.1) is 0 Å². The van der Waals surface area contributed by atoms with Crippen molar-refractivity contribution in [1.29, 1.82) is 0 Å². The normalized spacial score (nSPS) is 26.8. The molecule has 2 aromatic carbocycles. The minimum atomic E-state index is 0. The molecule has 3 nitrogen and oxygen atoms in total. The largest absolute Gasteiger partial charge is 0.440 e. The molecule has 1 aromatic heterocycles. The Bertz CT molecular complexity index is 921. The Kier molecular flexibility index (Phi) is 5.31. The Hall–Kier alpha value is -2.10. The smallest absolute Gasteiger partial charge is 0.200 e. The van der Waals surface area contributed by atoms with Gasteiger partial charge in [-0.3, -0.25) is 4.90 Å². The summed E-state index contributed by atoms with van der Waals surface area (Å²) in [6.45, 7) is 0. The van der Waals surface area contributed by atoms with Crippen molar-refractivity contribution in [3.05, 3.63) is 77.3 Å². The number of nitrogens with zero attached hydrogens (tertiary/aromatic N) is 2. The fraction of sp³-hybridized carbons (Fsp3) is 0.375. The van der Waals surface area contributed by atoms with Crippen molar-refractivity contribution in [3.63, 3.8) is 0 Å². The fourth-order valence-corrected chi connectivity index (χ4v) is 5.16. The number of fused-ring (bicyclic) bond motifs is 2. The summed E-state index contributed by atoms with van der Waals surface area (Å²) in [7, 11) is 2.26. The second-order valence-electron chi connectivity index (χ2n) is 7.81. The number of likely N-dealkylation sites (N-methyl/N-ethyl adjacent to an activating group) is 1. The number of hydrogen-bond acceptors (Lipinski definition) is 3. The van der Waals surface area contributed by atoms with Gasteiger partial charge in [0.2, 0.25) is 0 Å².